The third kappa shape index (κ3) is 4.31. The topological polar surface area (TPSA) is 81.1 Å². The van der Waals surface area contributed by atoms with Crippen molar-refractivity contribution in [3.63, 3.8) is 0 Å². The normalized spacial score (nSPS) is 18.2. The van der Waals surface area contributed by atoms with Gasteiger partial charge in [-0.1, -0.05) is 29.8 Å². The molecule has 0 unspecified atom stereocenters. The van der Waals surface area contributed by atoms with E-state index in [-0.39, 0.29) is 29.9 Å². The van der Waals surface area contributed by atoms with Gasteiger partial charge in [0.25, 0.3) is 0 Å². The molecule has 29 heavy (non-hydrogen) atoms. The van der Waals surface area contributed by atoms with Gasteiger partial charge >= 0.3 is 0 Å². The van der Waals surface area contributed by atoms with Crippen molar-refractivity contribution in [2.75, 3.05) is 16.8 Å². The van der Waals surface area contributed by atoms with Gasteiger partial charge in [0.2, 0.25) is 5.91 Å². The van der Waals surface area contributed by atoms with Crippen LogP contribution >= 0.6 is 11.6 Å². The third-order valence-corrected chi connectivity index (χ3v) is 7.62. The molecule has 1 atom stereocenters. The molecule has 6 nitrogen and oxygen atoms in total. The molecule has 0 bridgehead atoms. The highest BCUT2D eigenvalue weighted by Gasteiger charge is 2.29. The minimum Gasteiger partial charge on any atom is -0.324 e. The lowest BCUT2D eigenvalue weighted by molar-refractivity contribution is -0.116. The van der Waals surface area contributed by atoms with Crippen LogP contribution in [0.5, 0.6) is 0 Å². The Kier molecular flexibility index (Phi) is 5.36. The van der Waals surface area contributed by atoms with Gasteiger partial charge in [0.05, 0.1) is 22.5 Å². The monoisotopic (exact) mass is 431 g/mol. The summed E-state index contributed by atoms with van der Waals surface area (Å²) < 4.78 is 25.5. The maximum atomic E-state index is 12.8. The number of anilines is 1. The summed E-state index contributed by atoms with van der Waals surface area (Å²) in [5.41, 5.74) is 3.15. The van der Waals surface area contributed by atoms with E-state index in [2.05, 4.69) is 10.3 Å². The van der Waals surface area contributed by atoms with Crippen molar-refractivity contribution in [3.8, 4) is 0 Å². The van der Waals surface area contributed by atoms with E-state index in [1.165, 1.54) is 0 Å². The van der Waals surface area contributed by atoms with Crippen LogP contribution in [0.25, 0.3) is 11.0 Å². The number of hydrogen-bond acceptors (Lipinski definition) is 4. The number of carbonyl (C=O) groups is 1. The van der Waals surface area contributed by atoms with Gasteiger partial charge in [-0.2, -0.15) is 0 Å². The van der Waals surface area contributed by atoms with Gasteiger partial charge in [-0.15, -0.1) is 0 Å². The first-order chi connectivity index (χ1) is 13.8. The average Bonchev–Trinajstić information content (AvgIpc) is 3.19. The summed E-state index contributed by atoms with van der Waals surface area (Å²) in [5, 5.41) is 3.52. The van der Waals surface area contributed by atoms with Gasteiger partial charge in [-0.05, 0) is 49.1 Å². The second-order valence-corrected chi connectivity index (χ2v) is 10.2. The number of para-hydroxylation sites is 2. The van der Waals surface area contributed by atoms with E-state index in [0.717, 1.165) is 22.4 Å². The molecule has 1 fully saturated rings. The molecule has 0 aliphatic carbocycles. The SMILES string of the molecule is Cc1c(Cl)cccc1NC(=O)Cn1c(C[C@H]2CCS(=O)(=O)C2)nc2ccccc21. The van der Waals surface area contributed by atoms with E-state index in [1.54, 1.807) is 12.1 Å². The Morgan fingerprint density at radius 2 is 2.03 bits per heavy atom. The zero-order valence-electron chi connectivity index (χ0n) is 16.1. The molecular weight excluding hydrogens is 410 g/mol. The molecule has 1 aliphatic heterocycles. The first-order valence-electron chi connectivity index (χ1n) is 9.52. The number of imidazole rings is 1. The Morgan fingerprint density at radius 1 is 1.24 bits per heavy atom. The first kappa shape index (κ1) is 19.9. The van der Waals surface area contributed by atoms with Crippen LogP contribution in [0.15, 0.2) is 42.5 Å². The maximum absolute atomic E-state index is 12.8. The van der Waals surface area contributed by atoms with Gasteiger partial charge < -0.3 is 9.88 Å². The molecule has 3 aromatic rings. The van der Waals surface area contributed by atoms with E-state index in [0.29, 0.717) is 23.6 Å². The van der Waals surface area contributed by atoms with Crippen molar-refractivity contribution in [2.24, 2.45) is 5.92 Å². The molecule has 4 rings (SSSR count). The largest absolute Gasteiger partial charge is 0.324 e. The summed E-state index contributed by atoms with van der Waals surface area (Å²) in [5.74, 6) is 1.01. The molecular formula is C21H22ClN3O3S. The highest BCUT2D eigenvalue weighted by Crippen LogP contribution is 2.26. The first-order valence-corrected chi connectivity index (χ1v) is 11.7. The van der Waals surface area contributed by atoms with Gasteiger partial charge in [0, 0.05) is 17.1 Å². The number of carbonyl (C=O) groups excluding carboxylic acids is 1. The van der Waals surface area contributed by atoms with Crippen molar-refractivity contribution < 1.29 is 13.2 Å². The summed E-state index contributed by atoms with van der Waals surface area (Å²) in [6, 6.07) is 13.0. The number of amides is 1. The van der Waals surface area contributed by atoms with Crippen molar-refractivity contribution in [1.82, 2.24) is 9.55 Å². The van der Waals surface area contributed by atoms with Crippen LogP contribution in [0.4, 0.5) is 5.69 Å². The fraction of sp³-hybridized carbons (Fsp3) is 0.333. The van der Waals surface area contributed by atoms with Crippen LogP contribution in [0.3, 0.4) is 0 Å². The Morgan fingerprint density at radius 3 is 2.79 bits per heavy atom. The lowest BCUT2D eigenvalue weighted by Gasteiger charge is -2.13. The fourth-order valence-corrected chi connectivity index (χ4v) is 5.86. The highest BCUT2D eigenvalue weighted by atomic mass is 35.5. The average molecular weight is 432 g/mol. The molecule has 1 aliphatic rings. The molecule has 1 saturated heterocycles. The molecule has 1 amide bonds. The van der Waals surface area contributed by atoms with E-state index in [1.807, 2.05) is 41.8 Å². The number of rotatable bonds is 5. The molecule has 152 valence electrons. The Balaban J connectivity index is 1.60. The summed E-state index contributed by atoms with van der Waals surface area (Å²) in [4.78, 5) is 17.5. The summed E-state index contributed by atoms with van der Waals surface area (Å²) in [6.45, 7) is 1.96. The van der Waals surface area contributed by atoms with E-state index >= 15 is 0 Å². The maximum Gasteiger partial charge on any atom is 0.244 e. The molecule has 0 radical (unpaired) electrons. The quantitative estimate of drug-likeness (QED) is 0.669. The second kappa shape index (κ2) is 7.80. The molecule has 0 spiro atoms. The number of sulfone groups is 1. The third-order valence-electron chi connectivity index (χ3n) is 5.38. The minimum absolute atomic E-state index is 0.0359. The molecule has 1 aromatic heterocycles. The van der Waals surface area contributed by atoms with Crippen LogP contribution in [0.1, 0.15) is 17.8 Å². The van der Waals surface area contributed by atoms with Crippen LogP contribution in [0, 0.1) is 12.8 Å². The standard InChI is InChI=1S/C21H22ClN3O3S/c1-14-16(22)5-4-7-17(14)24-21(26)12-25-19-8-3-2-6-18(19)23-20(25)11-15-9-10-29(27,28)13-15/h2-8,15H,9-13H2,1H3,(H,24,26)/t15-/m1/s1. The second-order valence-electron chi connectivity index (χ2n) is 7.54. The van der Waals surface area contributed by atoms with Gasteiger partial charge in [-0.3, -0.25) is 4.79 Å². The van der Waals surface area contributed by atoms with Crippen molar-refractivity contribution in [3.05, 3.63) is 58.9 Å². The van der Waals surface area contributed by atoms with Crippen LogP contribution in [-0.2, 0) is 27.6 Å². The Hall–Kier alpha value is -2.38. The lowest BCUT2D eigenvalue weighted by atomic mass is 10.1. The molecule has 8 heteroatoms. The fourth-order valence-electron chi connectivity index (χ4n) is 3.83. The van der Waals surface area contributed by atoms with Gasteiger partial charge in [-0.25, -0.2) is 13.4 Å². The Labute approximate surface area is 174 Å². The number of halogens is 1. The number of aromatic nitrogens is 2. The minimum atomic E-state index is -2.96. The van der Waals surface area contributed by atoms with E-state index in [9.17, 15) is 13.2 Å². The van der Waals surface area contributed by atoms with Crippen molar-refractivity contribution in [1.29, 1.82) is 0 Å². The molecule has 2 aromatic carbocycles. The molecule has 1 N–H and O–H groups in total. The highest BCUT2D eigenvalue weighted by molar-refractivity contribution is 7.91. The van der Waals surface area contributed by atoms with Crippen molar-refractivity contribution in [2.45, 2.75) is 26.3 Å². The summed E-state index contributed by atoms with van der Waals surface area (Å²) >= 11 is 6.15. The molecule has 2 heterocycles. The summed E-state index contributed by atoms with van der Waals surface area (Å²) in [7, 11) is -2.96. The summed E-state index contributed by atoms with van der Waals surface area (Å²) in [6.07, 6.45) is 1.18. The van der Waals surface area contributed by atoms with Crippen LogP contribution < -0.4 is 5.32 Å². The van der Waals surface area contributed by atoms with Gasteiger partial charge in [0.15, 0.2) is 9.84 Å². The number of nitrogens with zero attached hydrogens (tertiary/aromatic N) is 2. The van der Waals surface area contributed by atoms with E-state index < -0.39 is 9.84 Å². The van der Waals surface area contributed by atoms with Crippen molar-refractivity contribution >= 4 is 44.1 Å². The predicted octanol–water partition coefficient (Wildman–Crippen LogP) is 3.61. The zero-order valence-corrected chi connectivity index (χ0v) is 17.6. The van der Waals surface area contributed by atoms with Crippen LogP contribution in [-0.4, -0.2) is 35.4 Å². The lowest BCUT2D eigenvalue weighted by Crippen LogP contribution is -2.21. The Bertz CT molecular complexity index is 1190. The molecule has 0 saturated carbocycles. The predicted molar refractivity (Wildman–Crippen MR) is 115 cm³/mol. The number of hydrogen-bond donors (Lipinski definition) is 1. The van der Waals surface area contributed by atoms with Gasteiger partial charge in [0.1, 0.15) is 12.4 Å². The number of fused-ring (bicyclic) bond motifs is 1. The number of nitrogens with one attached hydrogen (secondary N) is 1. The number of benzene rings is 2. The smallest absolute Gasteiger partial charge is 0.244 e. The van der Waals surface area contributed by atoms with Crippen LogP contribution in [0.2, 0.25) is 5.02 Å². The zero-order chi connectivity index (χ0) is 20.6. The van der Waals surface area contributed by atoms with E-state index in [4.69, 9.17) is 11.6 Å².